The predicted molar refractivity (Wildman–Crippen MR) is 130 cm³/mol. The molecule has 2 saturated carbocycles. The molecule has 0 aromatic carbocycles. The Kier molecular flexibility index (Phi) is 9.63. The standard InChI is InChI=1S/C26H45N3O5/c1-26(2,3)34-25(33)28-20(17-18-11-6-4-7-12-18)24(32)29-16-10-15-21(29)22(30)23(31)27-19-13-8-5-9-14-19/h18-22,30H,4-17H2,1-3H3,(H,27,31)(H,28,33)/t20-,21-,22?/m0/s1. The van der Waals surface area contributed by atoms with Crippen LogP contribution in [0.25, 0.3) is 0 Å². The van der Waals surface area contributed by atoms with Gasteiger partial charge in [0.25, 0.3) is 5.91 Å². The lowest BCUT2D eigenvalue weighted by Crippen LogP contribution is -2.56. The molecule has 3 atom stereocenters. The first-order valence-corrected chi connectivity index (χ1v) is 13.4. The minimum atomic E-state index is -1.26. The number of aliphatic hydroxyl groups excluding tert-OH is 1. The van der Waals surface area contributed by atoms with Crippen LogP contribution in [-0.4, -0.2) is 64.3 Å². The van der Waals surface area contributed by atoms with Crippen molar-refractivity contribution in [3.8, 4) is 0 Å². The van der Waals surface area contributed by atoms with E-state index in [0.717, 1.165) is 57.8 Å². The summed E-state index contributed by atoms with van der Waals surface area (Å²) in [5, 5.41) is 16.7. The van der Waals surface area contributed by atoms with E-state index in [9.17, 15) is 19.5 Å². The third-order valence-electron chi connectivity index (χ3n) is 7.45. The second-order valence-electron chi connectivity index (χ2n) is 11.5. The lowest BCUT2D eigenvalue weighted by atomic mass is 9.84. The van der Waals surface area contributed by atoms with Gasteiger partial charge in [0, 0.05) is 12.6 Å². The molecule has 3 fully saturated rings. The minimum absolute atomic E-state index is 0.106. The van der Waals surface area contributed by atoms with Crippen LogP contribution in [0.3, 0.4) is 0 Å². The fourth-order valence-corrected chi connectivity index (χ4v) is 5.73. The van der Waals surface area contributed by atoms with Crippen LogP contribution in [0.1, 0.15) is 104 Å². The van der Waals surface area contributed by atoms with E-state index in [2.05, 4.69) is 10.6 Å². The smallest absolute Gasteiger partial charge is 0.408 e. The molecule has 194 valence electrons. The van der Waals surface area contributed by atoms with Crippen molar-refractivity contribution in [2.75, 3.05) is 6.54 Å². The van der Waals surface area contributed by atoms with Gasteiger partial charge >= 0.3 is 6.09 Å². The molecule has 3 rings (SSSR count). The van der Waals surface area contributed by atoms with Crippen molar-refractivity contribution in [1.82, 2.24) is 15.5 Å². The Hall–Kier alpha value is -1.83. The number of aliphatic hydroxyl groups is 1. The molecule has 2 aliphatic carbocycles. The van der Waals surface area contributed by atoms with Crippen molar-refractivity contribution >= 4 is 17.9 Å². The second-order valence-corrected chi connectivity index (χ2v) is 11.5. The number of nitrogens with zero attached hydrogens (tertiary/aromatic N) is 1. The van der Waals surface area contributed by atoms with Crippen LogP contribution in [0.4, 0.5) is 4.79 Å². The van der Waals surface area contributed by atoms with Gasteiger partial charge in [-0.2, -0.15) is 0 Å². The van der Waals surface area contributed by atoms with Gasteiger partial charge in [-0.15, -0.1) is 0 Å². The number of carbonyl (C=O) groups excluding carboxylic acids is 3. The van der Waals surface area contributed by atoms with Gasteiger partial charge in [-0.3, -0.25) is 9.59 Å². The first-order chi connectivity index (χ1) is 16.1. The van der Waals surface area contributed by atoms with Crippen LogP contribution in [0.2, 0.25) is 0 Å². The topological polar surface area (TPSA) is 108 Å². The number of hydrogen-bond acceptors (Lipinski definition) is 5. The van der Waals surface area contributed by atoms with Crippen molar-refractivity contribution < 1.29 is 24.2 Å². The Labute approximate surface area is 204 Å². The van der Waals surface area contributed by atoms with Gasteiger partial charge in [-0.05, 0) is 58.8 Å². The molecule has 34 heavy (non-hydrogen) atoms. The summed E-state index contributed by atoms with van der Waals surface area (Å²) in [7, 11) is 0. The van der Waals surface area contributed by atoms with Crippen LogP contribution in [0.5, 0.6) is 0 Å². The molecule has 0 aromatic heterocycles. The lowest BCUT2D eigenvalue weighted by molar-refractivity contribution is -0.141. The fourth-order valence-electron chi connectivity index (χ4n) is 5.73. The molecule has 8 heteroatoms. The molecule has 3 amide bonds. The summed E-state index contributed by atoms with van der Waals surface area (Å²) in [5.74, 6) is -0.234. The number of nitrogens with one attached hydrogen (secondary N) is 2. The van der Waals surface area contributed by atoms with Crippen LogP contribution in [0.15, 0.2) is 0 Å². The molecule has 1 unspecified atom stereocenters. The average Bonchev–Trinajstić information content (AvgIpc) is 3.27. The fraction of sp³-hybridized carbons (Fsp3) is 0.885. The maximum absolute atomic E-state index is 13.7. The van der Waals surface area contributed by atoms with E-state index in [1.54, 1.807) is 25.7 Å². The summed E-state index contributed by atoms with van der Waals surface area (Å²) in [5.41, 5.74) is -0.661. The average molecular weight is 480 g/mol. The Morgan fingerprint density at radius 2 is 1.56 bits per heavy atom. The van der Waals surface area contributed by atoms with Gasteiger partial charge in [0.2, 0.25) is 5.91 Å². The van der Waals surface area contributed by atoms with Crippen LogP contribution in [-0.2, 0) is 14.3 Å². The van der Waals surface area contributed by atoms with Gasteiger partial charge < -0.3 is 25.4 Å². The van der Waals surface area contributed by atoms with E-state index in [1.165, 1.54) is 12.8 Å². The summed E-state index contributed by atoms with van der Waals surface area (Å²) in [6, 6.07) is -1.17. The molecular formula is C26H45N3O5. The molecule has 0 radical (unpaired) electrons. The number of amides is 3. The summed E-state index contributed by atoms with van der Waals surface area (Å²) < 4.78 is 5.43. The monoisotopic (exact) mass is 479 g/mol. The molecule has 0 bridgehead atoms. The van der Waals surface area contributed by atoms with Crippen molar-refractivity contribution in [3.63, 3.8) is 0 Å². The van der Waals surface area contributed by atoms with Gasteiger partial charge in [-0.1, -0.05) is 51.4 Å². The van der Waals surface area contributed by atoms with Crippen molar-refractivity contribution in [3.05, 3.63) is 0 Å². The van der Waals surface area contributed by atoms with Crippen LogP contribution < -0.4 is 10.6 Å². The first-order valence-electron chi connectivity index (χ1n) is 13.4. The molecule has 3 aliphatic rings. The second kappa shape index (κ2) is 12.2. The predicted octanol–water partition coefficient (Wildman–Crippen LogP) is 3.65. The zero-order chi connectivity index (χ0) is 24.7. The molecule has 1 saturated heterocycles. The van der Waals surface area contributed by atoms with Gasteiger partial charge in [0.1, 0.15) is 11.6 Å². The SMILES string of the molecule is CC(C)(C)OC(=O)N[C@@H](CC1CCCCC1)C(=O)N1CCC[C@H]1C(O)C(=O)NC1CCCCC1. The molecule has 0 spiro atoms. The van der Waals surface area contributed by atoms with Gasteiger partial charge in [0.15, 0.2) is 6.10 Å². The van der Waals surface area contributed by atoms with Crippen molar-refractivity contribution in [1.29, 1.82) is 0 Å². The Balaban J connectivity index is 1.66. The number of likely N-dealkylation sites (tertiary alicyclic amines) is 1. The highest BCUT2D eigenvalue weighted by Gasteiger charge is 2.41. The largest absolute Gasteiger partial charge is 0.444 e. The maximum Gasteiger partial charge on any atom is 0.408 e. The molecular weight excluding hydrogens is 434 g/mol. The number of hydrogen-bond donors (Lipinski definition) is 3. The van der Waals surface area contributed by atoms with Gasteiger partial charge in [-0.25, -0.2) is 4.79 Å². The molecule has 1 heterocycles. The van der Waals surface area contributed by atoms with E-state index in [4.69, 9.17) is 4.74 Å². The number of ether oxygens (including phenoxy) is 1. The summed E-state index contributed by atoms with van der Waals surface area (Å²) in [4.78, 5) is 40.6. The highest BCUT2D eigenvalue weighted by Crippen LogP contribution is 2.29. The van der Waals surface area contributed by atoms with E-state index in [-0.39, 0.29) is 17.9 Å². The molecule has 1 aliphatic heterocycles. The Morgan fingerprint density at radius 3 is 2.18 bits per heavy atom. The van der Waals surface area contributed by atoms with E-state index >= 15 is 0 Å². The third kappa shape index (κ3) is 7.85. The van der Waals surface area contributed by atoms with E-state index in [0.29, 0.717) is 25.3 Å². The highest BCUT2D eigenvalue weighted by molar-refractivity contribution is 5.88. The molecule has 0 aromatic rings. The van der Waals surface area contributed by atoms with Gasteiger partial charge in [0.05, 0.1) is 6.04 Å². The number of rotatable bonds is 7. The molecule has 3 N–H and O–H groups in total. The Morgan fingerprint density at radius 1 is 0.941 bits per heavy atom. The van der Waals surface area contributed by atoms with Crippen molar-refractivity contribution in [2.24, 2.45) is 5.92 Å². The zero-order valence-corrected chi connectivity index (χ0v) is 21.3. The third-order valence-corrected chi connectivity index (χ3v) is 7.45. The maximum atomic E-state index is 13.7. The zero-order valence-electron chi connectivity index (χ0n) is 21.3. The Bertz CT molecular complexity index is 695. The van der Waals surface area contributed by atoms with E-state index in [1.807, 2.05) is 0 Å². The van der Waals surface area contributed by atoms with E-state index < -0.39 is 29.9 Å². The van der Waals surface area contributed by atoms with Crippen LogP contribution >= 0.6 is 0 Å². The molecule has 8 nitrogen and oxygen atoms in total. The van der Waals surface area contributed by atoms with Crippen molar-refractivity contribution in [2.45, 2.75) is 134 Å². The first kappa shape index (κ1) is 26.8. The normalized spacial score (nSPS) is 24.4. The highest BCUT2D eigenvalue weighted by atomic mass is 16.6. The summed E-state index contributed by atoms with van der Waals surface area (Å²) >= 11 is 0. The minimum Gasteiger partial charge on any atom is -0.444 e. The lowest BCUT2D eigenvalue weighted by Gasteiger charge is -2.34. The summed E-state index contributed by atoms with van der Waals surface area (Å²) in [6.07, 6.45) is 10.9. The number of carbonyl (C=O) groups is 3. The van der Waals surface area contributed by atoms with Crippen LogP contribution in [0, 0.1) is 5.92 Å². The number of alkyl carbamates (subject to hydrolysis) is 1. The quantitative estimate of drug-likeness (QED) is 0.517. The summed E-state index contributed by atoms with van der Waals surface area (Å²) in [6.45, 7) is 5.86.